The molecule has 1 unspecified atom stereocenters. The summed E-state index contributed by atoms with van der Waals surface area (Å²) in [6, 6.07) is 0.270. The van der Waals surface area contributed by atoms with E-state index in [1.54, 1.807) is 0 Å². The van der Waals surface area contributed by atoms with Crippen molar-refractivity contribution < 1.29 is 9.90 Å². The lowest BCUT2D eigenvalue weighted by atomic mass is 9.84. The van der Waals surface area contributed by atoms with E-state index in [2.05, 4.69) is 0 Å². The highest BCUT2D eigenvalue weighted by molar-refractivity contribution is 7.80. The lowest BCUT2D eigenvalue weighted by Gasteiger charge is -2.34. The van der Waals surface area contributed by atoms with E-state index in [-0.39, 0.29) is 18.6 Å². The monoisotopic (exact) mass is 284 g/mol. The van der Waals surface area contributed by atoms with Crippen molar-refractivity contribution in [1.29, 1.82) is 0 Å². The largest absolute Gasteiger partial charge is 0.396 e. The zero-order valence-corrected chi connectivity index (χ0v) is 12.3. The Morgan fingerprint density at radius 3 is 2.63 bits per heavy atom. The number of hydrogen-bond donors (Lipinski definition) is 2. The van der Waals surface area contributed by atoms with Crippen LogP contribution < -0.4 is 5.73 Å². The van der Waals surface area contributed by atoms with Gasteiger partial charge in [0.05, 0.1) is 10.4 Å². The maximum Gasteiger partial charge on any atom is 0.235 e. The number of amides is 1. The van der Waals surface area contributed by atoms with Gasteiger partial charge in [0.25, 0.3) is 0 Å². The van der Waals surface area contributed by atoms with Crippen molar-refractivity contribution in [2.75, 3.05) is 13.2 Å². The number of aliphatic hydroxyl groups excluding tert-OH is 1. The smallest absolute Gasteiger partial charge is 0.235 e. The summed E-state index contributed by atoms with van der Waals surface area (Å²) >= 11 is 5.20. The molecule has 1 saturated heterocycles. The van der Waals surface area contributed by atoms with Gasteiger partial charge in [0.15, 0.2) is 0 Å². The van der Waals surface area contributed by atoms with Crippen LogP contribution in [0.1, 0.15) is 51.4 Å². The standard InChI is InChI=1S/C14H24N2O2S/c15-12(19)14(7-1-2-8-14)13(18)16-9-3-5-11(16)6-4-10-17/h11,17H,1-10H2,(H2,15,19). The quantitative estimate of drug-likeness (QED) is 0.753. The Morgan fingerprint density at radius 2 is 2.05 bits per heavy atom. The van der Waals surface area contributed by atoms with Crippen molar-refractivity contribution in [1.82, 2.24) is 4.90 Å². The van der Waals surface area contributed by atoms with Crippen LogP contribution in [0.3, 0.4) is 0 Å². The van der Waals surface area contributed by atoms with E-state index in [1.165, 1.54) is 0 Å². The summed E-state index contributed by atoms with van der Waals surface area (Å²) in [6.07, 6.45) is 7.43. The van der Waals surface area contributed by atoms with Crippen LogP contribution in [-0.4, -0.2) is 40.1 Å². The summed E-state index contributed by atoms with van der Waals surface area (Å²) in [5, 5.41) is 8.96. The minimum Gasteiger partial charge on any atom is -0.396 e. The van der Waals surface area contributed by atoms with Gasteiger partial charge in [-0.3, -0.25) is 4.79 Å². The molecule has 0 spiro atoms. The lowest BCUT2D eigenvalue weighted by molar-refractivity contribution is -0.139. The Balaban J connectivity index is 2.10. The zero-order valence-electron chi connectivity index (χ0n) is 11.4. The van der Waals surface area contributed by atoms with E-state index in [4.69, 9.17) is 23.1 Å². The molecular formula is C14H24N2O2S. The van der Waals surface area contributed by atoms with Gasteiger partial charge in [-0.05, 0) is 38.5 Å². The maximum atomic E-state index is 12.9. The highest BCUT2D eigenvalue weighted by Crippen LogP contribution is 2.41. The molecule has 0 radical (unpaired) electrons. The molecule has 4 nitrogen and oxygen atoms in total. The molecule has 1 atom stereocenters. The first-order chi connectivity index (χ1) is 9.12. The highest BCUT2D eigenvalue weighted by Gasteiger charge is 2.48. The number of hydrogen-bond acceptors (Lipinski definition) is 3. The molecular weight excluding hydrogens is 260 g/mol. The van der Waals surface area contributed by atoms with Crippen LogP contribution in [0.15, 0.2) is 0 Å². The molecule has 1 saturated carbocycles. The molecule has 2 rings (SSSR count). The minimum absolute atomic E-state index is 0.151. The third-order valence-corrected chi connectivity index (χ3v) is 5.06. The lowest BCUT2D eigenvalue weighted by Crippen LogP contribution is -2.50. The Labute approximate surface area is 120 Å². The Morgan fingerprint density at radius 1 is 1.37 bits per heavy atom. The molecule has 1 aliphatic heterocycles. The molecule has 5 heteroatoms. The van der Waals surface area contributed by atoms with Crippen LogP contribution in [0.2, 0.25) is 0 Å². The topological polar surface area (TPSA) is 66.6 Å². The van der Waals surface area contributed by atoms with Gasteiger partial charge in [-0.25, -0.2) is 0 Å². The molecule has 0 aromatic rings. The summed E-state index contributed by atoms with van der Waals surface area (Å²) in [7, 11) is 0. The fourth-order valence-electron chi connectivity index (χ4n) is 3.55. The summed E-state index contributed by atoms with van der Waals surface area (Å²) in [6.45, 7) is 1.01. The molecule has 19 heavy (non-hydrogen) atoms. The van der Waals surface area contributed by atoms with Crippen LogP contribution >= 0.6 is 12.2 Å². The minimum atomic E-state index is -0.572. The third-order valence-electron chi connectivity index (χ3n) is 4.67. The van der Waals surface area contributed by atoms with Gasteiger partial charge >= 0.3 is 0 Å². The van der Waals surface area contributed by atoms with Crippen LogP contribution in [0.5, 0.6) is 0 Å². The van der Waals surface area contributed by atoms with Crippen molar-refractivity contribution >= 4 is 23.1 Å². The van der Waals surface area contributed by atoms with E-state index < -0.39 is 5.41 Å². The number of rotatable bonds is 5. The van der Waals surface area contributed by atoms with Gasteiger partial charge in [0, 0.05) is 19.2 Å². The number of carbonyl (C=O) groups excluding carboxylic acids is 1. The van der Waals surface area contributed by atoms with Crippen LogP contribution in [0.4, 0.5) is 0 Å². The highest BCUT2D eigenvalue weighted by atomic mass is 32.1. The Kier molecular flexibility index (Phi) is 4.79. The maximum absolute atomic E-state index is 12.9. The predicted molar refractivity (Wildman–Crippen MR) is 78.7 cm³/mol. The number of nitrogens with zero attached hydrogens (tertiary/aromatic N) is 1. The summed E-state index contributed by atoms with van der Waals surface area (Å²) in [5.41, 5.74) is 5.32. The van der Waals surface area contributed by atoms with E-state index in [9.17, 15) is 4.79 Å². The average molecular weight is 284 g/mol. The summed E-state index contributed by atoms with van der Waals surface area (Å²) < 4.78 is 0. The number of aliphatic hydroxyl groups is 1. The Bertz CT molecular complexity index is 353. The van der Waals surface area contributed by atoms with E-state index in [0.29, 0.717) is 4.99 Å². The zero-order chi connectivity index (χ0) is 13.9. The molecule has 1 heterocycles. The van der Waals surface area contributed by atoms with Crippen molar-refractivity contribution in [3.05, 3.63) is 0 Å². The average Bonchev–Trinajstić information content (AvgIpc) is 3.05. The molecule has 3 N–H and O–H groups in total. The van der Waals surface area contributed by atoms with E-state index in [0.717, 1.165) is 57.9 Å². The molecule has 0 aromatic carbocycles. The van der Waals surface area contributed by atoms with E-state index >= 15 is 0 Å². The van der Waals surface area contributed by atoms with Crippen LogP contribution in [-0.2, 0) is 4.79 Å². The molecule has 1 amide bonds. The predicted octanol–water partition coefficient (Wildman–Crippen LogP) is 1.60. The molecule has 0 bridgehead atoms. The van der Waals surface area contributed by atoms with Crippen LogP contribution in [0, 0.1) is 5.41 Å². The number of likely N-dealkylation sites (tertiary alicyclic amines) is 1. The number of thiocarbonyl (C=S) groups is 1. The first-order valence-electron chi connectivity index (χ1n) is 7.33. The summed E-state index contributed by atoms with van der Waals surface area (Å²) in [5.74, 6) is 0.151. The molecule has 108 valence electrons. The number of nitrogens with two attached hydrogens (primary N) is 1. The van der Waals surface area contributed by atoms with Crippen molar-refractivity contribution in [3.8, 4) is 0 Å². The van der Waals surface area contributed by atoms with Crippen LogP contribution in [0.25, 0.3) is 0 Å². The summed E-state index contributed by atoms with van der Waals surface area (Å²) in [4.78, 5) is 15.2. The van der Waals surface area contributed by atoms with Gasteiger partial charge in [-0.2, -0.15) is 0 Å². The molecule has 0 aromatic heterocycles. The second-order valence-corrected chi connectivity index (χ2v) is 6.25. The first-order valence-corrected chi connectivity index (χ1v) is 7.74. The first kappa shape index (κ1) is 14.7. The fraction of sp³-hybridized carbons (Fsp3) is 0.857. The van der Waals surface area contributed by atoms with E-state index in [1.807, 2.05) is 4.90 Å². The van der Waals surface area contributed by atoms with Crippen molar-refractivity contribution in [2.24, 2.45) is 11.1 Å². The third kappa shape index (κ3) is 2.77. The molecule has 2 aliphatic rings. The van der Waals surface area contributed by atoms with Gasteiger partial charge in [-0.15, -0.1) is 0 Å². The normalized spacial score (nSPS) is 25.7. The Hall–Kier alpha value is -0.680. The van der Waals surface area contributed by atoms with Crippen molar-refractivity contribution in [2.45, 2.75) is 57.4 Å². The second-order valence-electron chi connectivity index (χ2n) is 5.81. The SMILES string of the molecule is NC(=S)C1(C(=O)N2CCCC2CCCO)CCCC1. The van der Waals surface area contributed by atoms with Gasteiger partial charge in [0.2, 0.25) is 5.91 Å². The van der Waals surface area contributed by atoms with Gasteiger partial charge < -0.3 is 15.7 Å². The van der Waals surface area contributed by atoms with Gasteiger partial charge in [0.1, 0.15) is 0 Å². The second kappa shape index (κ2) is 6.18. The molecule has 2 fully saturated rings. The fourth-order valence-corrected chi connectivity index (χ4v) is 3.84. The number of carbonyl (C=O) groups is 1. The molecule has 1 aliphatic carbocycles. The van der Waals surface area contributed by atoms with Crippen molar-refractivity contribution in [3.63, 3.8) is 0 Å². The van der Waals surface area contributed by atoms with Gasteiger partial charge in [-0.1, -0.05) is 25.1 Å².